The number of halogens is 3. The molecule has 1 atom stereocenters. The summed E-state index contributed by atoms with van der Waals surface area (Å²) in [5, 5.41) is 6.40. The van der Waals surface area contributed by atoms with Crippen LogP contribution in [0.4, 0.5) is 24.5 Å². The normalized spacial score (nSPS) is 14.2. The second-order valence-electron chi connectivity index (χ2n) is 15.9. The van der Waals surface area contributed by atoms with Crippen LogP contribution in [0.5, 0.6) is 0 Å². The third-order valence-corrected chi connectivity index (χ3v) is 12.3. The molecular weight excluding hydrogens is 770 g/mol. The van der Waals surface area contributed by atoms with Gasteiger partial charge in [0.25, 0.3) is 0 Å². The van der Waals surface area contributed by atoms with Crippen molar-refractivity contribution >= 4 is 54.7 Å². The zero-order valence-corrected chi connectivity index (χ0v) is 33.6. The van der Waals surface area contributed by atoms with Gasteiger partial charge < -0.3 is 9.47 Å². The molecule has 298 valence electrons. The highest BCUT2D eigenvalue weighted by molar-refractivity contribution is 6.15. The van der Waals surface area contributed by atoms with E-state index in [-0.39, 0.29) is 5.92 Å². The Morgan fingerprint density at radius 1 is 0.468 bits per heavy atom. The van der Waals surface area contributed by atoms with Crippen LogP contribution in [0.3, 0.4) is 0 Å². The molecule has 62 heavy (non-hydrogen) atoms. The summed E-state index contributed by atoms with van der Waals surface area (Å²) in [7, 11) is 0. The zero-order chi connectivity index (χ0) is 41.8. The molecular formula is C57H39F3N2. The summed E-state index contributed by atoms with van der Waals surface area (Å²) in [5.74, 6) is 0.174. The van der Waals surface area contributed by atoms with E-state index in [1.54, 1.807) is 6.07 Å². The van der Waals surface area contributed by atoms with E-state index in [4.69, 9.17) is 0 Å². The first-order valence-electron chi connectivity index (χ1n) is 20.9. The Labute approximate surface area is 357 Å². The van der Waals surface area contributed by atoms with Crippen molar-refractivity contribution in [2.75, 3.05) is 4.90 Å². The number of benzene rings is 9. The highest BCUT2D eigenvalue weighted by Crippen LogP contribution is 2.45. The van der Waals surface area contributed by atoms with Gasteiger partial charge in [-0.3, -0.25) is 0 Å². The van der Waals surface area contributed by atoms with Gasteiger partial charge in [-0.15, -0.1) is 0 Å². The summed E-state index contributed by atoms with van der Waals surface area (Å²) in [6, 6.07) is 67.1. The molecule has 10 aromatic rings. The van der Waals surface area contributed by atoms with Gasteiger partial charge in [-0.05, 0) is 129 Å². The van der Waals surface area contributed by atoms with Gasteiger partial charge in [-0.2, -0.15) is 13.2 Å². The summed E-state index contributed by atoms with van der Waals surface area (Å²) >= 11 is 0. The number of alkyl halides is 3. The molecule has 1 unspecified atom stereocenters. The molecule has 0 amide bonds. The van der Waals surface area contributed by atoms with Crippen LogP contribution in [0.2, 0.25) is 0 Å². The Balaban J connectivity index is 0.962. The van der Waals surface area contributed by atoms with Crippen LogP contribution in [0.15, 0.2) is 224 Å². The lowest BCUT2D eigenvalue weighted by molar-refractivity contribution is -0.137. The number of rotatable bonds is 7. The van der Waals surface area contributed by atoms with E-state index < -0.39 is 11.7 Å². The van der Waals surface area contributed by atoms with Crippen LogP contribution >= 0.6 is 0 Å². The van der Waals surface area contributed by atoms with Crippen molar-refractivity contribution < 1.29 is 13.2 Å². The fraction of sp³-hybridized carbons (Fsp3) is 0.0526. The van der Waals surface area contributed by atoms with E-state index in [0.29, 0.717) is 5.39 Å². The van der Waals surface area contributed by atoms with Crippen LogP contribution < -0.4 is 4.90 Å². The topological polar surface area (TPSA) is 8.17 Å². The minimum absolute atomic E-state index is 0.174. The van der Waals surface area contributed by atoms with Crippen LogP contribution in [-0.4, -0.2) is 4.57 Å². The molecule has 5 heteroatoms. The average molecular weight is 809 g/mol. The van der Waals surface area contributed by atoms with Crippen LogP contribution in [-0.2, 0) is 6.18 Å². The SMILES string of the molecule is FC(F)(F)c1ccc2c(c1)c1cc(-c3ccc(N(C4=CCC(c5c6ccccc6c(-c6ccccc6)c6ccccc56)C=C4)c4ccccc4)cc3)ccc1n2-c1ccccc1. The van der Waals surface area contributed by atoms with Crippen molar-refractivity contribution in [1.29, 1.82) is 0 Å². The number of allylic oxidation sites excluding steroid dienone is 3. The molecule has 0 spiro atoms. The van der Waals surface area contributed by atoms with E-state index in [0.717, 1.165) is 56.7 Å². The van der Waals surface area contributed by atoms with Gasteiger partial charge in [0.1, 0.15) is 0 Å². The van der Waals surface area contributed by atoms with Crippen molar-refractivity contribution in [1.82, 2.24) is 4.57 Å². The molecule has 0 aliphatic heterocycles. The van der Waals surface area contributed by atoms with Crippen molar-refractivity contribution in [3.63, 3.8) is 0 Å². The minimum Gasteiger partial charge on any atom is -0.311 e. The number of hydrogen-bond acceptors (Lipinski definition) is 1. The highest BCUT2D eigenvalue weighted by atomic mass is 19.4. The summed E-state index contributed by atoms with van der Waals surface area (Å²) in [6.45, 7) is 0. The molecule has 1 heterocycles. The van der Waals surface area contributed by atoms with E-state index >= 15 is 0 Å². The van der Waals surface area contributed by atoms with E-state index in [1.807, 2.05) is 53.1 Å². The Bertz CT molecular complexity index is 3290. The third kappa shape index (κ3) is 6.45. The molecule has 1 aromatic heterocycles. The molecule has 0 saturated heterocycles. The molecule has 0 fully saturated rings. The summed E-state index contributed by atoms with van der Waals surface area (Å²) < 4.78 is 44.1. The number of fused-ring (bicyclic) bond motifs is 5. The second kappa shape index (κ2) is 15.1. The van der Waals surface area contributed by atoms with Gasteiger partial charge in [0.15, 0.2) is 0 Å². The molecule has 0 N–H and O–H groups in total. The molecule has 0 radical (unpaired) electrons. The predicted octanol–water partition coefficient (Wildman–Crippen LogP) is 16.2. The Hall–Kier alpha value is -7.63. The summed E-state index contributed by atoms with van der Waals surface area (Å²) in [5.41, 5.74) is 10.7. The summed E-state index contributed by atoms with van der Waals surface area (Å²) in [6.07, 6.45) is 3.36. The third-order valence-electron chi connectivity index (χ3n) is 12.3. The second-order valence-corrected chi connectivity index (χ2v) is 15.9. The number of nitrogens with zero attached hydrogens (tertiary/aromatic N) is 2. The first-order valence-corrected chi connectivity index (χ1v) is 20.9. The van der Waals surface area contributed by atoms with Crippen molar-refractivity contribution in [2.24, 2.45) is 0 Å². The lowest BCUT2D eigenvalue weighted by atomic mass is 9.81. The van der Waals surface area contributed by atoms with Gasteiger partial charge in [0, 0.05) is 39.4 Å². The number of para-hydroxylation sites is 2. The molecule has 0 saturated carbocycles. The first-order chi connectivity index (χ1) is 30.4. The molecule has 1 aliphatic carbocycles. The average Bonchev–Trinajstić information content (AvgIpc) is 3.65. The Morgan fingerprint density at radius 3 is 1.61 bits per heavy atom. The summed E-state index contributed by atoms with van der Waals surface area (Å²) in [4.78, 5) is 2.29. The van der Waals surface area contributed by atoms with Crippen molar-refractivity contribution in [2.45, 2.75) is 18.5 Å². The van der Waals surface area contributed by atoms with Crippen LogP contribution in [0.25, 0.3) is 71.3 Å². The van der Waals surface area contributed by atoms with Gasteiger partial charge in [0.05, 0.1) is 16.6 Å². The van der Waals surface area contributed by atoms with Gasteiger partial charge in [-0.1, -0.05) is 146 Å². The monoisotopic (exact) mass is 808 g/mol. The minimum atomic E-state index is -4.45. The molecule has 11 rings (SSSR count). The maximum Gasteiger partial charge on any atom is 0.416 e. The fourth-order valence-electron chi connectivity index (χ4n) is 9.53. The van der Waals surface area contributed by atoms with Gasteiger partial charge >= 0.3 is 6.18 Å². The Kier molecular flexibility index (Phi) is 9.12. The number of hydrogen-bond donors (Lipinski definition) is 0. The maximum absolute atomic E-state index is 14.0. The highest BCUT2D eigenvalue weighted by Gasteiger charge is 2.31. The van der Waals surface area contributed by atoms with E-state index in [9.17, 15) is 13.2 Å². The quantitative estimate of drug-likeness (QED) is 0.146. The fourth-order valence-corrected chi connectivity index (χ4v) is 9.53. The Morgan fingerprint density at radius 2 is 1.00 bits per heavy atom. The molecule has 9 aromatic carbocycles. The lowest BCUT2D eigenvalue weighted by Crippen LogP contribution is -2.17. The van der Waals surface area contributed by atoms with Gasteiger partial charge in [-0.25, -0.2) is 0 Å². The smallest absolute Gasteiger partial charge is 0.311 e. The van der Waals surface area contributed by atoms with Crippen molar-refractivity contribution in [3.8, 4) is 27.9 Å². The molecule has 0 bridgehead atoms. The number of anilines is 2. The lowest BCUT2D eigenvalue weighted by Gasteiger charge is -2.30. The standard InChI is InChI=1S/C57H39F3N2/c58-57(59,60)42-29-35-54-52(37-42)51-36-41(28-34-53(51)62(54)44-18-8-3-9-19-44)38-24-30-45(31-25-38)61(43-16-6-2-7-17-43)46-32-26-40(27-33-46)56-49-22-12-10-20-47(49)55(39-14-4-1-5-15-39)48-21-11-13-23-50(48)56/h1-26,28-37,40H,27H2. The van der Waals surface area contributed by atoms with E-state index in [1.165, 1.54) is 50.4 Å². The van der Waals surface area contributed by atoms with Crippen LogP contribution in [0.1, 0.15) is 23.5 Å². The maximum atomic E-state index is 14.0. The van der Waals surface area contributed by atoms with Crippen molar-refractivity contribution in [3.05, 3.63) is 235 Å². The largest absolute Gasteiger partial charge is 0.416 e. The molecule has 1 aliphatic rings. The van der Waals surface area contributed by atoms with Crippen LogP contribution in [0, 0.1) is 0 Å². The van der Waals surface area contributed by atoms with E-state index in [2.05, 4.69) is 157 Å². The molecule has 2 nitrogen and oxygen atoms in total. The van der Waals surface area contributed by atoms with Gasteiger partial charge in [0.2, 0.25) is 0 Å². The predicted molar refractivity (Wildman–Crippen MR) is 251 cm³/mol. The zero-order valence-electron chi connectivity index (χ0n) is 33.6. The first kappa shape index (κ1) is 37.4. The number of aromatic nitrogens is 1.